The monoisotopic (exact) mass is 539 g/mol. The Morgan fingerprint density at radius 2 is 1.81 bits per heavy atom. The van der Waals surface area contributed by atoms with Crippen LogP contribution in [0, 0.1) is 13.5 Å². The van der Waals surface area contributed by atoms with E-state index < -0.39 is 14.4 Å². The predicted octanol–water partition coefficient (Wildman–Crippen LogP) is 7.77. The molecule has 1 amide bonds. The average Bonchev–Trinajstić information content (AvgIpc) is 3.29. The molecule has 0 bridgehead atoms. The van der Waals surface area contributed by atoms with E-state index >= 15 is 0 Å². The molecule has 0 aliphatic rings. The molecular weight excluding hydrogens is 506 g/mol. The summed E-state index contributed by atoms with van der Waals surface area (Å²) in [4.78, 5) is 14.8. The highest BCUT2D eigenvalue weighted by Gasteiger charge is 2.41. The van der Waals surface area contributed by atoms with Crippen molar-refractivity contribution in [2.24, 2.45) is 0 Å². The lowest BCUT2D eigenvalue weighted by Gasteiger charge is -2.40. The number of anilines is 2. The maximum Gasteiger partial charge on any atom is 0.247 e. The van der Waals surface area contributed by atoms with Crippen molar-refractivity contribution >= 4 is 42.9 Å². The molecular formula is C27H34ClN5O3Si. The summed E-state index contributed by atoms with van der Waals surface area (Å²) in [5.41, 5.74) is 3.32. The van der Waals surface area contributed by atoms with Gasteiger partial charge < -0.3 is 19.5 Å². The first-order valence-electron chi connectivity index (χ1n) is 12.1. The van der Waals surface area contributed by atoms with E-state index in [2.05, 4.69) is 59.5 Å². The minimum atomic E-state index is -2.13. The number of carbonyl (C=O) groups excluding carboxylic acids is 1. The topological polar surface area (TPSA) is 93.6 Å². The summed E-state index contributed by atoms with van der Waals surface area (Å²) in [5.74, 6) is 0.586. The van der Waals surface area contributed by atoms with E-state index in [-0.39, 0.29) is 17.0 Å². The first-order valence-corrected chi connectivity index (χ1v) is 15.3. The molecule has 0 spiro atoms. The van der Waals surface area contributed by atoms with Gasteiger partial charge >= 0.3 is 0 Å². The summed E-state index contributed by atoms with van der Waals surface area (Å²) >= 11 is 6.45. The van der Waals surface area contributed by atoms with Crippen molar-refractivity contribution in [3.8, 4) is 11.5 Å². The summed E-state index contributed by atoms with van der Waals surface area (Å²) in [6, 6.07) is 10.2. The van der Waals surface area contributed by atoms with Gasteiger partial charge in [-0.2, -0.15) is 0 Å². The van der Waals surface area contributed by atoms with Gasteiger partial charge in [-0.05, 0) is 67.9 Å². The summed E-state index contributed by atoms with van der Waals surface area (Å²) in [7, 11) is -2.13. The molecule has 2 atom stereocenters. The van der Waals surface area contributed by atoms with Gasteiger partial charge in [0.15, 0.2) is 8.32 Å². The van der Waals surface area contributed by atoms with Crippen molar-refractivity contribution in [1.82, 2.24) is 10.2 Å². The molecule has 2 N–H and O–H groups in total. The van der Waals surface area contributed by atoms with E-state index in [1.54, 1.807) is 18.2 Å². The van der Waals surface area contributed by atoms with Crippen molar-refractivity contribution in [3.63, 3.8) is 0 Å². The first-order chi connectivity index (χ1) is 17.2. The SMILES string of the molecule is [C-]#[N+]c1ccc(N[C@@H](c2nnc(-c3ccc(NC(C)=O)cc3)o2)[C@@H](C)O[Si](C)(C)C(C)(C)C)c(C)c1Cl. The average molecular weight is 540 g/mol. The Bertz CT molecular complexity index is 1310. The minimum absolute atomic E-state index is 0.0119. The van der Waals surface area contributed by atoms with Gasteiger partial charge in [0.1, 0.15) is 6.04 Å². The van der Waals surface area contributed by atoms with Gasteiger partial charge in [0.25, 0.3) is 0 Å². The zero-order valence-electron chi connectivity index (χ0n) is 22.6. The summed E-state index contributed by atoms with van der Waals surface area (Å²) < 4.78 is 12.8. The zero-order valence-corrected chi connectivity index (χ0v) is 24.3. The van der Waals surface area contributed by atoms with Crippen LogP contribution >= 0.6 is 11.6 Å². The first kappa shape index (κ1) is 28.4. The van der Waals surface area contributed by atoms with Crippen LogP contribution in [0.4, 0.5) is 17.1 Å². The highest BCUT2D eigenvalue weighted by Crippen LogP contribution is 2.40. The number of aromatic nitrogens is 2. The maximum absolute atomic E-state index is 11.3. The number of nitrogens with one attached hydrogen (secondary N) is 2. The van der Waals surface area contributed by atoms with Crippen LogP contribution in [-0.4, -0.2) is 30.5 Å². The second-order valence-corrected chi connectivity index (χ2v) is 15.7. The van der Waals surface area contributed by atoms with Crippen LogP contribution in [0.1, 0.15) is 52.1 Å². The fourth-order valence-electron chi connectivity index (χ4n) is 3.55. The zero-order chi connectivity index (χ0) is 27.5. The van der Waals surface area contributed by atoms with E-state index in [0.29, 0.717) is 28.2 Å². The molecule has 1 aromatic heterocycles. The molecule has 0 saturated heterocycles. The summed E-state index contributed by atoms with van der Waals surface area (Å²) in [5, 5.41) is 15.3. The van der Waals surface area contributed by atoms with Gasteiger partial charge in [0, 0.05) is 23.9 Å². The Hall–Kier alpha value is -3.19. The lowest BCUT2D eigenvalue weighted by Crippen LogP contribution is -2.45. The fourth-order valence-corrected chi connectivity index (χ4v) is 5.17. The fraction of sp³-hybridized carbons (Fsp3) is 0.407. The molecule has 3 aromatic rings. The molecule has 8 nitrogen and oxygen atoms in total. The standard InChI is InChI=1S/C27H34ClN5O3Si/c1-16-21(14-15-22(29-7)23(16)28)31-24(17(2)36-37(8,9)27(4,5)6)26-33-32-25(35-26)19-10-12-20(13-11-19)30-18(3)34/h10-15,17,24,31H,1-6,8-9H3,(H,30,34)/t17-,24-/m1/s1. The third-order valence-electron chi connectivity index (χ3n) is 6.71. The molecule has 0 fully saturated rings. The Labute approximate surface area is 224 Å². The lowest BCUT2D eigenvalue weighted by atomic mass is 10.1. The quantitative estimate of drug-likeness (QED) is 0.224. The maximum atomic E-state index is 11.3. The number of nitrogens with zero attached hydrogens (tertiary/aromatic N) is 3. The molecule has 0 unspecified atom stereocenters. The molecule has 196 valence electrons. The van der Waals surface area contributed by atoms with Crippen molar-refractivity contribution < 1.29 is 13.6 Å². The van der Waals surface area contributed by atoms with E-state index in [1.165, 1.54) is 6.92 Å². The van der Waals surface area contributed by atoms with Crippen molar-refractivity contribution in [1.29, 1.82) is 0 Å². The van der Waals surface area contributed by atoms with Gasteiger partial charge in [-0.3, -0.25) is 4.79 Å². The van der Waals surface area contributed by atoms with Crippen molar-refractivity contribution in [3.05, 3.63) is 64.3 Å². The molecule has 2 aromatic carbocycles. The number of rotatable bonds is 8. The number of hydrogen-bond donors (Lipinski definition) is 2. The molecule has 0 radical (unpaired) electrons. The molecule has 0 aliphatic carbocycles. The lowest BCUT2D eigenvalue weighted by molar-refractivity contribution is -0.114. The largest absolute Gasteiger partial charge is 0.418 e. The van der Waals surface area contributed by atoms with Gasteiger partial charge in [-0.25, -0.2) is 4.85 Å². The van der Waals surface area contributed by atoms with Gasteiger partial charge in [-0.15, -0.1) is 10.2 Å². The Morgan fingerprint density at radius 3 is 2.38 bits per heavy atom. The number of halogens is 1. The summed E-state index contributed by atoms with van der Waals surface area (Å²) in [6.07, 6.45) is -0.310. The predicted molar refractivity (Wildman–Crippen MR) is 151 cm³/mol. The number of amides is 1. The Kier molecular flexibility index (Phi) is 8.47. The number of benzene rings is 2. The van der Waals surface area contributed by atoms with Gasteiger partial charge in [0.2, 0.25) is 23.4 Å². The van der Waals surface area contributed by atoms with Gasteiger partial charge in [-0.1, -0.05) is 38.4 Å². The third-order valence-corrected chi connectivity index (χ3v) is 11.8. The highest BCUT2D eigenvalue weighted by atomic mass is 35.5. The van der Waals surface area contributed by atoms with E-state index in [9.17, 15) is 4.79 Å². The van der Waals surface area contributed by atoms with Crippen LogP contribution in [-0.2, 0) is 9.22 Å². The smallest absolute Gasteiger partial charge is 0.247 e. The van der Waals surface area contributed by atoms with Crippen LogP contribution < -0.4 is 10.6 Å². The summed E-state index contributed by atoms with van der Waals surface area (Å²) in [6.45, 7) is 23.6. The van der Waals surface area contributed by atoms with Crippen LogP contribution in [0.5, 0.6) is 0 Å². The van der Waals surface area contributed by atoms with Crippen molar-refractivity contribution in [2.45, 2.75) is 71.8 Å². The Morgan fingerprint density at radius 1 is 1.16 bits per heavy atom. The molecule has 1 heterocycles. The van der Waals surface area contributed by atoms with Crippen molar-refractivity contribution in [2.75, 3.05) is 10.6 Å². The van der Waals surface area contributed by atoms with Gasteiger partial charge in [0.05, 0.1) is 17.7 Å². The minimum Gasteiger partial charge on any atom is -0.418 e. The number of hydrogen-bond acceptors (Lipinski definition) is 6. The third kappa shape index (κ3) is 6.58. The van der Waals surface area contributed by atoms with Crippen LogP contribution in [0.15, 0.2) is 40.8 Å². The Balaban J connectivity index is 1.97. The second-order valence-electron chi connectivity index (χ2n) is 10.6. The molecule has 10 heteroatoms. The van der Waals surface area contributed by atoms with Crippen LogP contribution in [0.3, 0.4) is 0 Å². The molecule has 3 rings (SSSR count). The van der Waals surface area contributed by atoms with Crippen LogP contribution in [0.25, 0.3) is 16.3 Å². The molecule has 0 aliphatic heterocycles. The molecule has 0 saturated carbocycles. The van der Waals surface area contributed by atoms with E-state index in [4.69, 9.17) is 27.0 Å². The molecule has 37 heavy (non-hydrogen) atoms. The van der Waals surface area contributed by atoms with E-state index in [1.807, 2.05) is 32.0 Å². The second kappa shape index (κ2) is 11.0. The van der Waals surface area contributed by atoms with E-state index in [0.717, 1.165) is 16.8 Å². The highest BCUT2D eigenvalue weighted by molar-refractivity contribution is 6.74. The van der Waals surface area contributed by atoms with Crippen LogP contribution in [0.2, 0.25) is 23.2 Å². The normalized spacial score (nSPS) is 13.5. The number of carbonyl (C=O) groups is 1.